The third-order valence-electron chi connectivity index (χ3n) is 7.02. The quantitative estimate of drug-likeness (QED) is 0.331. The Bertz CT molecular complexity index is 1370. The van der Waals surface area contributed by atoms with E-state index in [2.05, 4.69) is 0 Å². The summed E-state index contributed by atoms with van der Waals surface area (Å²) in [7, 11) is 0. The second-order valence-electron chi connectivity index (χ2n) is 9.61. The van der Waals surface area contributed by atoms with Crippen LogP contribution in [0.5, 0.6) is 0 Å². The SMILES string of the molecule is N[C@@H](c1nc(-c2cc(F)ccc2F)cn1Cc1ccccc1)C1CCN(C(=O)OCc2ccccc2)CC1. The maximum absolute atomic E-state index is 14.6. The molecule has 1 aliphatic rings. The summed E-state index contributed by atoms with van der Waals surface area (Å²) in [5.74, 6) is -0.400. The average molecular weight is 517 g/mol. The van der Waals surface area contributed by atoms with Crippen LogP contribution in [0, 0.1) is 17.6 Å². The highest BCUT2D eigenvalue weighted by atomic mass is 19.1. The van der Waals surface area contributed by atoms with Gasteiger partial charge in [0.05, 0.1) is 11.7 Å². The molecule has 1 aromatic heterocycles. The molecule has 0 radical (unpaired) electrons. The van der Waals surface area contributed by atoms with E-state index in [0.717, 1.165) is 29.3 Å². The van der Waals surface area contributed by atoms with Crippen LogP contribution in [-0.4, -0.2) is 33.6 Å². The maximum Gasteiger partial charge on any atom is 0.410 e. The molecule has 6 nitrogen and oxygen atoms in total. The Morgan fingerprint density at radius 1 is 0.974 bits per heavy atom. The molecular weight excluding hydrogens is 486 g/mol. The zero-order chi connectivity index (χ0) is 26.5. The van der Waals surface area contributed by atoms with Crippen LogP contribution in [-0.2, 0) is 17.9 Å². The molecule has 0 unspecified atom stereocenters. The number of piperidine rings is 1. The molecule has 5 rings (SSSR count). The fourth-order valence-electron chi connectivity index (χ4n) is 4.89. The van der Waals surface area contributed by atoms with Gasteiger partial charge < -0.3 is 19.9 Å². The molecule has 2 heterocycles. The van der Waals surface area contributed by atoms with Gasteiger partial charge in [-0.15, -0.1) is 0 Å². The maximum atomic E-state index is 14.6. The largest absolute Gasteiger partial charge is 0.445 e. The van der Waals surface area contributed by atoms with Crippen LogP contribution in [0.1, 0.15) is 35.8 Å². The van der Waals surface area contributed by atoms with Gasteiger partial charge in [0.15, 0.2) is 0 Å². The summed E-state index contributed by atoms with van der Waals surface area (Å²) in [4.78, 5) is 19.0. The van der Waals surface area contributed by atoms with Crippen LogP contribution in [0.3, 0.4) is 0 Å². The number of likely N-dealkylation sites (tertiary alicyclic amines) is 1. The predicted molar refractivity (Wildman–Crippen MR) is 141 cm³/mol. The molecule has 1 fully saturated rings. The summed E-state index contributed by atoms with van der Waals surface area (Å²) in [6.07, 6.45) is 2.76. The van der Waals surface area contributed by atoms with Crippen molar-refractivity contribution in [3.8, 4) is 11.3 Å². The first-order valence-corrected chi connectivity index (χ1v) is 12.8. The third-order valence-corrected chi connectivity index (χ3v) is 7.02. The number of nitrogens with zero attached hydrogens (tertiary/aromatic N) is 3. The Morgan fingerprint density at radius 2 is 1.63 bits per heavy atom. The van der Waals surface area contributed by atoms with Gasteiger partial charge in [-0.1, -0.05) is 60.7 Å². The minimum Gasteiger partial charge on any atom is -0.445 e. The number of carbonyl (C=O) groups excluding carboxylic acids is 1. The van der Waals surface area contributed by atoms with Gasteiger partial charge in [-0.2, -0.15) is 0 Å². The summed E-state index contributed by atoms with van der Waals surface area (Å²) in [6.45, 7) is 1.78. The molecule has 1 saturated heterocycles. The number of halogens is 2. The first-order valence-electron chi connectivity index (χ1n) is 12.8. The van der Waals surface area contributed by atoms with Gasteiger partial charge >= 0.3 is 6.09 Å². The van der Waals surface area contributed by atoms with E-state index >= 15 is 0 Å². The van der Waals surface area contributed by atoms with Crippen molar-refractivity contribution in [3.05, 3.63) is 114 Å². The Hall–Kier alpha value is -4.04. The van der Waals surface area contributed by atoms with Crippen LogP contribution >= 0.6 is 0 Å². The van der Waals surface area contributed by atoms with Crippen molar-refractivity contribution in [3.63, 3.8) is 0 Å². The number of benzene rings is 3. The lowest BCUT2D eigenvalue weighted by Gasteiger charge is -2.34. The molecule has 0 aliphatic carbocycles. The van der Waals surface area contributed by atoms with E-state index in [9.17, 15) is 13.6 Å². The monoisotopic (exact) mass is 516 g/mol. The number of rotatable bonds is 7. The van der Waals surface area contributed by atoms with Crippen molar-refractivity contribution in [1.82, 2.24) is 14.5 Å². The molecule has 0 saturated carbocycles. The van der Waals surface area contributed by atoms with Crippen molar-refractivity contribution in [2.45, 2.75) is 32.0 Å². The molecule has 3 aromatic carbocycles. The number of amides is 1. The number of hydrogen-bond donors (Lipinski definition) is 1. The fourth-order valence-corrected chi connectivity index (χ4v) is 4.89. The van der Waals surface area contributed by atoms with E-state index in [1.807, 2.05) is 65.2 Å². The fraction of sp³-hybridized carbons (Fsp3) is 0.267. The van der Waals surface area contributed by atoms with Gasteiger partial charge in [0.2, 0.25) is 0 Å². The predicted octanol–water partition coefficient (Wildman–Crippen LogP) is 5.93. The molecule has 38 heavy (non-hydrogen) atoms. The zero-order valence-electron chi connectivity index (χ0n) is 21.0. The molecule has 2 N–H and O–H groups in total. The Labute approximate surface area is 220 Å². The molecule has 8 heteroatoms. The number of hydrogen-bond acceptors (Lipinski definition) is 4. The lowest BCUT2D eigenvalue weighted by Crippen LogP contribution is -2.41. The second-order valence-corrected chi connectivity index (χ2v) is 9.61. The Kier molecular flexibility index (Phi) is 7.79. The number of carbonyl (C=O) groups is 1. The highest BCUT2D eigenvalue weighted by Gasteiger charge is 2.31. The normalized spacial score (nSPS) is 14.9. The Balaban J connectivity index is 1.30. The van der Waals surface area contributed by atoms with E-state index < -0.39 is 17.7 Å². The van der Waals surface area contributed by atoms with E-state index in [1.165, 1.54) is 0 Å². The summed E-state index contributed by atoms with van der Waals surface area (Å²) in [6, 6.07) is 22.3. The van der Waals surface area contributed by atoms with Crippen LogP contribution < -0.4 is 5.73 Å². The van der Waals surface area contributed by atoms with Crippen molar-refractivity contribution in [2.75, 3.05) is 13.1 Å². The van der Waals surface area contributed by atoms with Gasteiger partial charge in [0, 0.05) is 31.4 Å². The third kappa shape index (κ3) is 5.92. The topological polar surface area (TPSA) is 73.4 Å². The van der Waals surface area contributed by atoms with Crippen LogP contribution in [0.15, 0.2) is 85.1 Å². The summed E-state index contributed by atoms with van der Waals surface area (Å²) >= 11 is 0. The van der Waals surface area contributed by atoms with E-state index in [0.29, 0.717) is 44.0 Å². The highest BCUT2D eigenvalue weighted by molar-refractivity contribution is 5.67. The summed E-state index contributed by atoms with van der Waals surface area (Å²) in [5, 5.41) is 0. The molecule has 1 amide bonds. The van der Waals surface area contributed by atoms with E-state index in [-0.39, 0.29) is 24.2 Å². The number of nitrogens with two attached hydrogens (primary N) is 1. The molecule has 1 aliphatic heterocycles. The number of imidazole rings is 1. The number of aromatic nitrogens is 2. The van der Waals surface area contributed by atoms with E-state index in [4.69, 9.17) is 15.5 Å². The van der Waals surface area contributed by atoms with Gasteiger partial charge in [-0.05, 0) is 48.1 Å². The van der Waals surface area contributed by atoms with Crippen LogP contribution in [0.4, 0.5) is 13.6 Å². The lowest BCUT2D eigenvalue weighted by atomic mass is 9.89. The first-order chi connectivity index (χ1) is 18.5. The highest BCUT2D eigenvalue weighted by Crippen LogP contribution is 2.32. The second kappa shape index (κ2) is 11.6. The Morgan fingerprint density at radius 3 is 2.32 bits per heavy atom. The van der Waals surface area contributed by atoms with Crippen molar-refractivity contribution in [2.24, 2.45) is 11.7 Å². The zero-order valence-corrected chi connectivity index (χ0v) is 21.0. The van der Waals surface area contributed by atoms with Crippen LogP contribution in [0.25, 0.3) is 11.3 Å². The van der Waals surface area contributed by atoms with Crippen molar-refractivity contribution in [1.29, 1.82) is 0 Å². The standard InChI is InChI=1S/C30H30F2N4O2/c31-24-11-12-26(32)25(17-24)27-19-36(18-21-7-3-1-4-8-21)29(34-27)28(33)23-13-15-35(16-14-23)30(37)38-20-22-9-5-2-6-10-22/h1-12,17,19,23,28H,13-16,18,20,33H2/t28-/m1/s1. The van der Waals surface area contributed by atoms with Gasteiger partial charge in [0.1, 0.15) is 24.1 Å². The summed E-state index contributed by atoms with van der Waals surface area (Å²) < 4.78 is 35.9. The molecule has 0 spiro atoms. The lowest BCUT2D eigenvalue weighted by molar-refractivity contribution is 0.0793. The van der Waals surface area contributed by atoms with Gasteiger partial charge in [-0.25, -0.2) is 18.6 Å². The first kappa shape index (κ1) is 25.6. The number of ether oxygens (including phenoxy) is 1. The van der Waals surface area contributed by atoms with Crippen molar-refractivity contribution < 1.29 is 18.3 Å². The van der Waals surface area contributed by atoms with Gasteiger partial charge in [-0.3, -0.25) is 0 Å². The average Bonchev–Trinajstić information content (AvgIpc) is 3.37. The molecule has 4 aromatic rings. The molecule has 1 atom stereocenters. The van der Waals surface area contributed by atoms with E-state index in [1.54, 1.807) is 11.1 Å². The van der Waals surface area contributed by atoms with Crippen LogP contribution in [0.2, 0.25) is 0 Å². The smallest absolute Gasteiger partial charge is 0.410 e. The summed E-state index contributed by atoms with van der Waals surface area (Å²) in [5.41, 5.74) is 9.17. The minimum atomic E-state index is -0.543. The minimum absolute atomic E-state index is 0.0651. The molecular formula is C30H30F2N4O2. The van der Waals surface area contributed by atoms with Crippen molar-refractivity contribution >= 4 is 6.09 Å². The molecule has 196 valence electrons. The van der Waals surface area contributed by atoms with Gasteiger partial charge in [0.25, 0.3) is 0 Å². The molecule has 0 bridgehead atoms.